The molecule has 2 aromatic carbocycles. The SMILES string of the molecule is CC(=O)N[C@@H]1C(=O)N2C(C(=O)OCc3ccc([N+](=O)[O-])cc3)=C(C)CN(N3C(=O)c4ccccc4C3=O)SC12. The molecule has 0 bridgehead atoms. The van der Waals surface area contributed by atoms with E-state index in [-0.39, 0.29) is 35.7 Å². The molecule has 1 saturated heterocycles. The summed E-state index contributed by atoms with van der Waals surface area (Å²) in [4.78, 5) is 75.9. The maximum Gasteiger partial charge on any atom is 0.355 e. The maximum atomic E-state index is 13.3. The number of nitrogens with zero attached hydrogens (tertiary/aromatic N) is 4. The van der Waals surface area contributed by atoms with Crippen molar-refractivity contribution < 1.29 is 33.6 Å². The zero-order valence-electron chi connectivity index (χ0n) is 20.7. The van der Waals surface area contributed by atoms with Gasteiger partial charge in [0.05, 0.1) is 22.6 Å². The number of benzene rings is 2. The van der Waals surface area contributed by atoms with Gasteiger partial charge in [0, 0.05) is 19.1 Å². The maximum absolute atomic E-state index is 13.3. The first-order valence-electron chi connectivity index (χ1n) is 11.7. The molecular weight excluding hydrogens is 530 g/mol. The number of amides is 4. The average molecular weight is 552 g/mol. The molecule has 14 heteroatoms. The van der Waals surface area contributed by atoms with Crippen molar-refractivity contribution in [1.29, 1.82) is 0 Å². The van der Waals surface area contributed by atoms with Crippen molar-refractivity contribution in [3.63, 3.8) is 0 Å². The number of hydrogen-bond donors (Lipinski definition) is 1. The van der Waals surface area contributed by atoms with Crippen molar-refractivity contribution in [1.82, 2.24) is 19.6 Å². The van der Waals surface area contributed by atoms with Crippen LogP contribution >= 0.6 is 11.9 Å². The summed E-state index contributed by atoms with van der Waals surface area (Å²) in [7, 11) is 0. The Morgan fingerprint density at radius 3 is 2.26 bits per heavy atom. The normalized spacial score (nSPS) is 20.7. The number of esters is 1. The van der Waals surface area contributed by atoms with Gasteiger partial charge in [-0.05, 0) is 54.3 Å². The lowest BCUT2D eigenvalue weighted by atomic mass is 10.0. The molecule has 1 unspecified atom stereocenters. The van der Waals surface area contributed by atoms with E-state index in [9.17, 15) is 34.1 Å². The molecule has 3 aliphatic rings. The molecule has 3 heterocycles. The third-order valence-corrected chi connectivity index (χ3v) is 7.59. The van der Waals surface area contributed by atoms with Crippen LogP contribution in [0.5, 0.6) is 0 Å². The number of ether oxygens (including phenoxy) is 1. The molecule has 13 nitrogen and oxygen atoms in total. The van der Waals surface area contributed by atoms with Gasteiger partial charge in [0.2, 0.25) is 5.91 Å². The van der Waals surface area contributed by atoms with Crippen LogP contribution in [0, 0.1) is 10.1 Å². The standard InChI is InChI=1S/C25H21N5O8S/c1-13-11-27(29-21(32)17-5-3-4-6-18(17)22(29)33)39-24-19(26-14(2)31)23(34)28(24)20(13)25(35)38-12-15-7-9-16(10-8-15)30(36)37/h3-10,19,24H,11-12H2,1-2H3,(H,26,31)/t19-,24?/m1/s1. The second-order valence-electron chi connectivity index (χ2n) is 8.99. The van der Waals surface area contributed by atoms with Gasteiger partial charge in [-0.3, -0.25) is 34.2 Å². The van der Waals surface area contributed by atoms with Crippen LogP contribution < -0.4 is 5.32 Å². The third kappa shape index (κ3) is 4.53. The van der Waals surface area contributed by atoms with Gasteiger partial charge in [-0.15, -0.1) is 4.41 Å². The van der Waals surface area contributed by atoms with Crippen LogP contribution in [-0.4, -0.2) is 66.8 Å². The van der Waals surface area contributed by atoms with Crippen molar-refractivity contribution >= 4 is 47.2 Å². The Labute approximate surface area is 225 Å². The first kappa shape index (κ1) is 26.1. The molecule has 0 spiro atoms. The van der Waals surface area contributed by atoms with Crippen LogP contribution in [0.25, 0.3) is 0 Å². The zero-order valence-corrected chi connectivity index (χ0v) is 21.5. The zero-order chi connectivity index (χ0) is 28.0. The third-order valence-electron chi connectivity index (χ3n) is 6.36. The van der Waals surface area contributed by atoms with Gasteiger partial charge in [-0.2, -0.15) is 5.01 Å². The monoisotopic (exact) mass is 551 g/mol. The Kier molecular flexibility index (Phi) is 6.66. The summed E-state index contributed by atoms with van der Waals surface area (Å²) in [6, 6.07) is 10.8. The van der Waals surface area contributed by atoms with Crippen molar-refractivity contribution in [3.05, 3.63) is 86.6 Å². The van der Waals surface area contributed by atoms with E-state index in [1.54, 1.807) is 31.2 Å². The van der Waals surface area contributed by atoms with Gasteiger partial charge in [0.1, 0.15) is 23.7 Å². The summed E-state index contributed by atoms with van der Waals surface area (Å²) in [5.74, 6) is -2.95. The van der Waals surface area contributed by atoms with Crippen LogP contribution in [0.4, 0.5) is 5.69 Å². The lowest BCUT2D eigenvalue weighted by Crippen LogP contribution is -2.69. The molecule has 1 N–H and O–H groups in total. The lowest BCUT2D eigenvalue weighted by Gasteiger charge is -2.46. The number of β-lactam (4-membered cyclic amide) rings is 1. The number of nitrogens with one attached hydrogen (secondary N) is 1. The highest BCUT2D eigenvalue weighted by Gasteiger charge is 2.56. The van der Waals surface area contributed by atoms with Crippen LogP contribution in [0.3, 0.4) is 0 Å². The predicted octanol–water partition coefficient (Wildman–Crippen LogP) is 1.76. The van der Waals surface area contributed by atoms with Crippen LogP contribution in [-0.2, 0) is 25.7 Å². The van der Waals surface area contributed by atoms with Crippen LogP contribution in [0.15, 0.2) is 59.8 Å². The van der Waals surface area contributed by atoms with Crippen molar-refractivity contribution in [2.45, 2.75) is 31.9 Å². The van der Waals surface area contributed by atoms with Gasteiger partial charge >= 0.3 is 5.97 Å². The van der Waals surface area contributed by atoms with Crippen LogP contribution in [0.1, 0.15) is 40.1 Å². The van der Waals surface area contributed by atoms with Crippen molar-refractivity contribution in [2.24, 2.45) is 0 Å². The summed E-state index contributed by atoms with van der Waals surface area (Å²) < 4.78 is 6.83. The number of rotatable bonds is 6. The van der Waals surface area contributed by atoms with Gasteiger partial charge in [-0.25, -0.2) is 4.79 Å². The fraction of sp³-hybridized carbons (Fsp3) is 0.240. The fourth-order valence-corrected chi connectivity index (χ4v) is 5.88. The molecular formula is C25H21N5O8S. The highest BCUT2D eigenvalue weighted by atomic mass is 32.2. The minimum Gasteiger partial charge on any atom is -0.456 e. The highest BCUT2D eigenvalue weighted by Crippen LogP contribution is 2.42. The molecule has 0 aliphatic carbocycles. The molecule has 1 fully saturated rings. The first-order valence-corrected chi connectivity index (χ1v) is 12.5. The molecule has 3 aliphatic heterocycles. The Hall–Kier alpha value is -4.56. The number of carbonyl (C=O) groups is 5. The predicted molar refractivity (Wildman–Crippen MR) is 135 cm³/mol. The quantitative estimate of drug-likeness (QED) is 0.140. The molecule has 5 rings (SSSR count). The van der Waals surface area contributed by atoms with Gasteiger partial charge < -0.3 is 10.1 Å². The largest absolute Gasteiger partial charge is 0.456 e. The van der Waals surface area contributed by atoms with E-state index in [1.165, 1.54) is 40.5 Å². The second-order valence-corrected chi connectivity index (χ2v) is 10.1. The molecule has 39 heavy (non-hydrogen) atoms. The number of non-ortho nitro benzene ring substituents is 1. The topological polar surface area (TPSA) is 159 Å². The Morgan fingerprint density at radius 1 is 1.08 bits per heavy atom. The minimum absolute atomic E-state index is 0.0693. The number of hydrazine groups is 1. The fourth-order valence-electron chi connectivity index (χ4n) is 4.51. The highest BCUT2D eigenvalue weighted by molar-refractivity contribution is 7.97. The van der Waals surface area contributed by atoms with Gasteiger partial charge in [-0.1, -0.05) is 12.1 Å². The van der Waals surface area contributed by atoms with Crippen molar-refractivity contribution in [3.8, 4) is 0 Å². The molecule has 200 valence electrons. The van der Waals surface area contributed by atoms with E-state index in [2.05, 4.69) is 5.32 Å². The number of nitro groups is 1. The summed E-state index contributed by atoms with van der Waals surface area (Å²) in [6.45, 7) is 2.53. The Morgan fingerprint density at radius 2 is 1.69 bits per heavy atom. The summed E-state index contributed by atoms with van der Waals surface area (Å²) in [5.41, 5.74) is 1.12. The molecule has 4 amide bonds. The van der Waals surface area contributed by atoms with E-state index in [0.717, 1.165) is 17.0 Å². The molecule has 0 aromatic heterocycles. The van der Waals surface area contributed by atoms with E-state index in [4.69, 9.17) is 4.74 Å². The summed E-state index contributed by atoms with van der Waals surface area (Å²) in [5, 5.41) is 13.6. The molecule has 2 aromatic rings. The van der Waals surface area contributed by atoms with E-state index < -0.39 is 45.9 Å². The van der Waals surface area contributed by atoms with Gasteiger partial charge in [0.15, 0.2) is 0 Å². The van der Waals surface area contributed by atoms with E-state index in [0.29, 0.717) is 11.1 Å². The molecule has 0 radical (unpaired) electrons. The first-order chi connectivity index (χ1) is 18.6. The second kappa shape index (κ2) is 9.96. The minimum atomic E-state index is -1.01. The average Bonchev–Trinajstić information content (AvgIpc) is 3.08. The molecule has 2 atom stereocenters. The summed E-state index contributed by atoms with van der Waals surface area (Å²) in [6.07, 6.45) is 0. The number of nitro benzene ring substituents is 1. The number of fused-ring (bicyclic) bond motifs is 2. The molecule has 0 saturated carbocycles. The number of imide groups is 1. The lowest BCUT2D eigenvalue weighted by molar-refractivity contribution is -0.384. The van der Waals surface area contributed by atoms with Crippen LogP contribution in [0.2, 0.25) is 0 Å². The number of carbonyl (C=O) groups excluding carboxylic acids is 5. The smallest absolute Gasteiger partial charge is 0.355 e. The van der Waals surface area contributed by atoms with E-state index >= 15 is 0 Å². The van der Waals surface area contributed by atoms with Crippen molar-refractivity contribution in [2.75, 3.05) is 6.54 Å². The Bertz CT molecular complexity index is 1440. The van der Waals surface area contributed by atoms with E-state index in [1.807, 2.05) is 0 Å². The summed E-state index contributed by atoms with van der Waals surface area (Å²) >= 11 is 0.970. The van der Waals surface area contributed by atoms with Gasteiger partial charge in [0.25, 0.3) is 23.4 Å². The number of hydrogen-bond acceptors (Lipinski definition) is 10. The Balaban J connectivity index is 1.43.